The van der Waals surface area contributed by atoms with E-state index in [4.69, 9.17) is 4.42 Å². The Morgan fingerprint density at radius 2 is 2.29 bits per heavy atom. The Bertz CT molecular complexity index is 305. The van der Waals surface area contributed by atoms with Gasteiger partial charge in [0.2, 0.25) is 6.20 Å². The van der Waals surface area contributed by atoms with Crippen molar-refractivity contribution in [3.63, 3.8) is 0 Å². The zero-order valence-electron chi connectivity index (χ0n) is 9.21. The van der Waals surface area contributed by atoms with Gasteiger partial charge >= 0.3 is 6.39 Å². The zero-order chi connectivity index (χ0) is 10.2. The van der Waals surface area contributed by atoms with Crippen molar-refractivity contribution in [1.82, 2.24) is 5.32 Å². The van der Waals surface area contributed by atoms with E-state index in [2.05, 4.69) is 36.9 Å². The van der Waals surface area contributed by atoms with Crippen LogP contribution in [0.25, 0.3) is 0 Å². The van der Waals surface area contributed by atoms with Crippen LogP contribution in [-0.2, 0) is 5.54 Å². The Kier molecular flexibility index (Phi) is 2.35. The fraction of sp³-hybridized carbons (Fsp3) is 0.727. The molecular weight excluding hydrogens is 176 g/mol. The summed E-state index contributed by atoms with van der Waals surface area (Å²) in [7, 11) is 0. The molecule has 3 heteroatoms. The lowest BCUT2D eigenvalue weighted by atomic mass is 10.1. The molecule has 0 aromatic carbocycles. The van der Waals surface area contributed by atoms with Crippen LogP contribution in [0.4, 0.5) is 0 Å². The third-order valence-electron chi connectivity index (χ3n) is 2.75. The van der Waals surface area contributed by atoms with Gasteiger partial charge in [0.15, 0.2) is 11.3 Å². The first-order valence-electron chi connectivity index (χ1n) is 5.31. The number of nitrogens with zero attached hydrogens (tertiary/aromatic N) is 1. The summed E-state index contributed by atoms with van der Waals surface area (Å²) in [5, 5.41) is 3.43. The number of hydrogen-bond donors (Lipinski definition) is 1. The van der Waals surface area contributed by atoms with E-state index in [-0.39, 0.29) is 5.54 Å². The van der Waals surface area contributed by atoms with Gasteiger partial charge in [0, 0.05) is 20.8 Å². The lowest BCUT2D eigenvalue weighted by molar-refractivity contribution is -0.756. The Labute approximate surface area is 85.1 Å². The summed E-state index contributed by atoms with van der Waals surface area (Å²) in [5.74, 6) is 1.07. The predicted molar refractivity (Wildman–Crippen MR) is 53.9 cm³/mol. The lowest BCUT2D eigenvalue weighted by Crippen LogP contribution is -2.48. The summed E-state index contributed by atoms with van der Waals surface area (Å²) in [6.45, 7) is 7.64. The van der Waals surface area contributed by atoms with Crippen molar-refractivity contribution in [2.45, 2.75) is 45.2 Å². The summed E-state index contributed by atoms with van der Waals surface area (Å²) in [4.78, 5) is 0. The van der Waals surface area contributed by atoms with Crippen LogP contribution < -0.4 is 9.88 Å². The molecule has 14 heavy (non-hydrogen) atoms. The highest BCUT2D eigenvalue weighted by atomic mass is 16.3. The first-order chi connectivity index (χ1) is 6.57. The quantitative estimate of drug-likeness (QED) is 0.692. The predicted octanol–water partition coefficient (Wildman–Crippen LogP) is 1.75. The SMILES string of the molecule is CC(C)(C)[n+]1coc(C2CCCN2)c1. The van der Waals surface area contributed by atoms with Crippen molar-refractivity contribution >= 4 is 0 Å². The summed E-state index contributed by atoms with van der Waals surface area (Å²) < 4.78 is 7.70. The monoisotopic (exact) mass is 195 g/mol. The summed E-state index contributed by atoms with van der Waals surface area (Å²) in [6.07, 6.45) is 6.37. The van der Waals surface area contributed by atoms with Crippen LogP contribution in [0.1, 0.15) is 45.4 Å². The van der Waals surface area contributed by atoms with Crippen LogP contribution in [0.2, 0.25) is 0 Å². The molecule has 1 aromatic rings. The van der Waals surface area contributed by atoms with E-state index in [0.717, 1.165) is 12.3 Å². The number of aromatic nitrogens is 1. The number of nitrogens with one attached hydrogen (secondary N) is 1. The standard InChI is InChI=1S/C11H19N2O/c1-11(2,3)13-7-10(14-8-13)9-5-4-6-12-9/h7-9,12H,4-6H2,1-3H3/q+1. The molecule has 1 unspecified atom stereocenters. The molecule has 3 nitrogen and oxygen atoms in total. The molecule has 0 amide bonds. The normalized spacial score (nSPS) is 22.9. The molecular formula is C11H19N2O+. The van der Waals surface area contributed by atoms with Gasteiger partial charge in [0.25, 0.3) is 0 Å². The maximum absolute atomic E-state index is 5.58. The largest absolute Gasteiger partial charge is 0.407 e. The van der Waals surface area contributed by atoms with E-state index < -0.39 is 0 Å². The molecule has 1 aliphatic rings. The van der Waals surface area contributed by atoms with Crippen LogP contribution in [0.3, 0.4) is 0 Å². The van der Waals surface area contributed by atoms with Gasteiger partial charge in [-0.05, 0) is 19.4 Å². The molecule has 0 bridgehead atoms. The molecule has 1 aliphatic heterocycles. The average molecular weight is 195 g/mol. The maximum Gasteiger partial charge on any atom is 0.335 e. The Morgan fingerprint density at radius 1 is 1.50 bits per heavy atom. The molecule has 1 fully saturated rings. The first-order valence-corrected chi connectivity index (χ1v) is 5.31. The highest BCUT2D eigenvalue weighted by molar-refractivity contribution is 4.97. The van der Waals surface area contributed by atoms with E-state index in [1.807, 2.05) is 6.39 Å². The lowest BCUT2D eigenvalue weighted by Gasteiger charge is -2.08. The van der Waals surface area contributed by atoms with E-state index >= 15 is 0 Å². The van der Waals surface area contributed by atoms with Gasteiger partial charge in [0.1, 0.15) is 0 Å². The van der Waals surface area contributed by atoms with E-state index in [9.17, 15) is 0 Å². The van der Waals surface area contributed by atoms with Gasteiger partial charge in [-0.15, -0.1) is 0 Å². The van der Waals surface area contributed by atoms with E-state index in [1.165, 1.54) is 12.8 Å². The molecule has 1 N–H and O–H groups in total. The fourth-order valence-electron chi connectivity index (χ4n) is 1.77. The second-order valence-corrected chi connectivity index (χ2v) is 4.98. The third-order valence-corrected chi connectivity index (χ3v) is 2.75. The molecule has 78 valence electrons. The average Bonchev–Trinajstić information content (AvgIpc) is 2.73. The second-order valence-electron chi connectivity index (χ2n) is 4.98. The van der Waals surface area contributed by atoms with Crippen molar-refractivity contribution in [1.29, 1.82) is 0 Å². The van der Waals surface area contributed by atoms with Crippen molar-refractivity contribution in [2.75, 3.05) is 6.54 Å². The molecule has 2 rings (SSSR count). The van der Waals surface area contributed by atoms with Crippen molar-refractivity contribution in [2.24, 2.45) is 0 Å². The molecule has 1 aromatic heterocycles. The molecule has 0 spiro atoms. The van der Waals surface area contributed by atoms with Crippen molar-refractivity contribution < 1.29 is 8.98 Å². The highest BCUT2D eigenvalue weighted by Gasteiger charge is 2.28. The van der Waals surface area contributed by atoms with Crippen LogP contribution >= 0.6 is 0 Å². The van der Waals surface area contributed by atoms with E-state index in [1.54, 1.807) is 0 Å². The van der Waals surface area contributed by atoms with E-state index in [0.29, 0.717) is 6.04 Å². The smallest absolute Gasteiger partial charge is 0.335 e. The van der Waals surface area contributed by atoms with Gasteiger partial charge in [-0.25, -0.2) is 0 Å². The first kappa shape index (κ1) is 9.71. The minimum atomic E-state index is 0.111. The van der Waals surface area contributed by atoms with Crippen molar-refractivity contribution in [3.8, 4) is 0 Å². The Balaban J connectivity index is 2.17. The fourth-order valence-corrected chi connectivity index (χ4v) is 1.77. The summed E-state index contributed by atoms with van der Waals surface area (Å²) in [6, 6.07) is 0.429. The summed E-state index contributed by atoms with van der Waals surface area (Å²) in [5.41, 5.74) is 0.111. The van der Waals surface area contributed by atoms with Crippen molar-refractivity contribution in [3.05, 3.63) is 18.4 Å². The van der Waals surface area contributed by atoms with Gasteiger partial charge in [-0.2, -0.15) is 4.57 Å². The maximum atomic E-state index is 5.58. The minimum absolute atomic E-state index is 0.111. The second kappa shape index (κ2) is 3.39. The number of rotatable bonds is 1. The molecule has 0 saturated carbocycles. The van der Waals surface area contributed by atoms with Gasteiger partial charge in [-0.3, -0.25) is 0 Å². The van der Waals surface area contributed by atoms with Gasteiger partial charge in [-0.1, -0.05) is 0 Å². The van der Waals surface area contributed by atoms with Crippen LogP contribution in [-0.4, -0.2) is 6.54 Å². The number of hydrogen-bond acceptors (Lipinski definition) is 2. The van der Waals surface area contributed by atoms with Gasteiger partial charge in [0.05, 0.1) is 6.04 Å². The Hall–Kier alpha value is -0.830. The molecule has 0 aliphatic carbocycles. The zero-order valence-corrected chi connectivity index (χ0v) is 9.21. The van der Waals surface area contributed by atoms with Gasteiger partial charge < -0.3 is 9.73 Å². The highest BCUT2D eigenvalue weighted by Crippen LogP contribution is 2.22. The van der Waals surface area contributed by atoms with Crippen LogP contribution in [0.5, 0.6) is 0 Å². The third kappa shape index (κ3) is 1.82. The minimum Gasteiger partial charge on any atom is -0.407 e. The van der Waals surface area contributed by atoms with Crippen LogP contribution in [0, 0.1) is 0 Å². The topological polar surface area (TPSA) is 29.0 Å². The molecule has 2 heterocycles. The summed E-state index contributed by atoms with van der Waals surface area (Å²) >= 11 is 0. The number of oxazole rings is 1. The Morgan fingerprint density at radius 3 is 2.79 bits per heavy atom. The van der Waals surface area contributed by atoms with Crippen LogP contribution in [0.15, 0.2) is 17.0 Å². The molecule has 1 saturated heterocycles. The molecule has 1 atom stereocenters. The molecule has 0 radical (unpaired) electrons.